The summed E-state index contributed by atoms with van der Waals surface area (Å²) < 4.78 is 11.4. The summed E-state index contributed by atoms with van der Waals surface area (Å²) in [5.41, 5.74) is 0. The second kappa shape index (κ2) is 9.54. The van der Waals surface area contributed by atoms with Crippen molar-refractivity contribution >= 4 is 29.4 Å². The summed E-state index contributed by atoms with van der Waals surface area (Å²) >= 11 is 3.40. The van der Waals surface area contributed by atoms with Gasteiger partial charge in [0.2, 0.25) is 5.76 Å². The molecule has 0 aliphatic heterocycles. The number of thioether (sulfide) groups is 2. The third-order valence-corrected chi connectivity index (χ3v) is 8.58. The van der Waals surface area contributed by atoms with Crippen LogP contribution in [0.2, 0.25) is 0 Å². The maximum Gasteiger partial charge on any atom is 0.291 e. The zero-order valence-electron chi connectivity index (χ0n) is 17.8. The highest BCUT2D eigenvalue weighted by atomic mass is 32.2. The van der Waals surface area contributed by atoms with Crippen LogP contribution in [0.5, 0.6) is 5.88 Å². The van der Waals surface area contributed by atoms with Crippen molar-refractivity contribution < 1.29 is 14.1 Å². The summed E-state index contributed by atoms with van der Waals surface area (Å²) in [7, 11) is 0. The maximum absolute atomic E-state index is 13.2. The third kappa shape index (κ3) is 4.76. The molecule has 5 atom stereocenters. The number of nitrogens with one attached hydrogen (secondary N) is 1. The zero-order chi connectivity index (χ0) is 20.4. The number of carbonyl (C=O) groups is 1. The van der Waals surface area contributed by atoms with Crippen LogP contribution in [-0.4, -0.2) is 41.0 Å². The van der Waals surface area contributed by atoms with Crippen molar-refractivity contribution in [3.63, 3.8) is 0 Å². The van der Waals surface area contributed by atoms with E-state index in [1.165, 1.54) is 38.5 Å². The average Bonchev–Trinajstić information content (AvgIpc) is 3.12. The van der Waals surface area contributed by atoms with Crippen LogP contribution in [0.25, 0.3) is 0 Å². The lowest BCUT2D eigenvalue weighted by Crippen LogP contribution is -2.42. The smallest absolute Gasteiger partial charge is 0.291 e. The molecule has 1 aromatic rings. The van der Waals surface area contributed by atoms with Gasteiger partial charge in [-0.15, -0.1) is 11.8 Å². The number of nitrogens with zero attached hydrogens (tertiary/aromatic N) is 1. The molecule has 5 unspecified atom stereocenters. The summed E-state index contributed by atoms with van der Waals surface area (Å²) in [6.45, 7) is 4.81. The number of hydrogen-bond acceptors (Lipinski definition) is 6. The van der Waals surface area contributed by atoms with E-state index in [9.17, 15) is 4.79 Å². The summed E-state index contributed by atoms with van der Waals surface area (Å²) in [4.78, 5) is 14.0. The summed E-state index contributed by atoms with van der Waals surface area (Å²) in [5.74, 6) is 4.70. The van der Waals surface area contributed by atoms with Crippen molar-refractivity contribution in [2.45, 2.75) is 75.0 Å². The molecule has 3 aliphatic rings. The standard InChI is InChI=1S/C22H34N2O3S2/c1-13(2)29-20-19(27-24-22(20)26-8-5-9-28-3)21(25)23-18-16-11-14-6-4-7-17(18)15(10-14)12-16/h13-18H,4-12H2,1-3H3,(H,23,25). The molecule has 0 aromatic carbocycles. The minimum absolute atomic E-state index is 0.112. The van der Waals surface area contributed by atoms with Crippen LogP contribution in [0.15, 0.2) is 9.42 Å². The third-order valence-electron chi connectivity index (χ3n) is 6.81. The molecule has 1 aromatic heterocycles. The number of amides is 1. The first-order valence-corrected chi connectivity index (χ1v) is 13.4. The molecule has 0 saturated heterocycles. The van der Waals surface area contributed by atoms with Gasteiger partial charge in [0.25, 0.3) is 11.8 Å². The molecule has 3 aliphatic carbocycles. The highest BCUT2D eigenvalue weighted by Crippen LogP contribution is 2.53. The fourth-order valence-electron chi connectivity index (χ4n) is 5.77. The van der Waals surface area contributed by atoms with Crippen molar-refractivity contribution in [3.05, 3.63) is 5.76 Å². The molecule has 3 saturated carbocycles. The first-order chi connectivity index (χ1) is 14.1. The fraction of sp³-hybridized carbons (Fsp3) is 0.818. The highest BCUT2D eigenvalue weighted by molar-refractivity contribution is 8.00. The topological polar surface area (TPSA) is 64.4 Å². The van der Waals surface area contributed by atoms with Gasteiger partial charge in [0.05, 0.1) is 6.61 Å². The highest BCUT2D eigenvalue weighted by Gasteiger charge is 2.49. The Bertz CT molecular complexity index is 708. The Morgan fingerprint density at radius 1 is 1.28 bits per heavy atom. The van der Waals surface area contributed by atoms with E-state index < -0.39 is 0 Å². The summed E-state index contributed by atoms with van der Waals surface area (Å²) in [6, 6.07) is 0.297. The number of fused-ring (bicyclic) bond motifs is 2. The molecule has 5 nitrogen and oxygen atoms in total. The average molecular weight is 439 g/mol. The van der Waals surface area contributed by atoms with Gasteiger partial charge in [0.1, 0.15) is 4.90 Å². The van der Waals surface area contributed by atoms with E-state index in [1.807, 2.05) is 0 Å². The van der Waals surface area contributed by atoms with Crippen LogP contribution in [-0.2, 0) is 0 Å². The van der Waals surface area contributed by atoms with Crippen molar-refractivity contribution in [2.75, 3.05) is 18.6 Å². The Morgan fingerprint density at radius 3 is 2.90 bits per heavy atom. The van der Waals surface area contributed by atoms with Crippen molar-refractivity contribution in [2.24, 2.45) is 23.7 Å². The second-order valence-electron chi connectivity index (χ2n) is 9.19. The van der Waals surface area contributed by atoms with E-state index in [2.05, 4.69) is 30.6 Å². The molecule has 3 fully saturated rings. The second-order valence-corrected chi connectivity index (χ2v) is 11.8. The van der Waals surface area contributed by atoms with Crippen LogP contribution in [0, 0.1) is 23.7 Å². The Hall–Kier alpha value is -0.820. The zero-order valence-corrected chi connectivity index (χ0v) is 19.4. The van der Waals surface area contributed by atoms with Gasteiger partial charge < -0.3 is 14.6 Å². The summed E-state index contributed by atoms with van der Waals surface area (Å²) in [5, 5.41) is 7.80. The predicted molar refractivity (Wildman–Crippen MR) is 119 cm³/mol. The summed E-state index contributed by atoms with van der Waals surface area (Å²) in [6.07, 6.45) is 11.0. The quantitative estimate of drug-likeness (QED) is 0.419. The lowest BCUT2D eigenvalue weighted by molar-refractivity contribution is 0.0865. The first-order valence-electron chi connectivity index (χ1n) is 11.2. The van der Waals surface area contributed by atoms with E-state index in [-0.39, 0.29) is 5.91 Å². The van der Waals surface area contributed by atoms with Crippen molar-refractivity contribution in [1.29, 1.82) is 0 Å². The number of aromatic nitrogens is 1. The van der Waals surface area contributed by atoms with Gasteiger partial charge in [0.15, 0.2) is 0 Å². The Kier molecular flexibility index (Phi) is 7.05. The number of rotatable bonds is 9. The fourth-order valence-corrected chi connectivity index (χ4v) is 7.08. The van der Waals surface area contributed by atoms with Crippen LogP contribution in [0.4, 0.5) is 0 Å². The van der Waals surface area contributed by atoms with Crippen LogP contribution in [0.1, 0.15) is 69.3 Å². The van der Waals surface area contributed by atoms with Gasteiger partial charge >= 0.3 is 0 Å². The normalized spacial score (nSPS) is 30.6. The van der Waals surface area contributed by atoms with E-state index >= 15 is 0 Å². The van der Waals surface area contributed by atoms with Gasteiger partial charge in [-0.2, -0.15) is 11.8 Å². The van der Waals surface area contributed by atoms with Gasteiger partial charge in [0, 0.05) is 11.3 Å². The minimum atomic E-state index is -0.112. The number of carbonyl (C=O) groups excluding carboxylic acids is 1. The van der Waals surface area contributed by atoms with Crippen molar-refractivity contribution in [1.82, 2.24) is 10.5 Å². The van der Waals surface area contributed by atoms with Gasteiger partial charge in [-0.25, -0.2) is 0 Å². The molecule has 7 heteroatoms. The molecular weight excluding hydrogens is 404 g/mol. The van der Waals surface area contributed by atoms with Crippen LogP contribution in [0.3, 0.4) is 0 Å². The Morgan fingerprint density at radius 2 is 2.10 bits per heavy atom. The van der Waals surface area contributed by atoms with Crippen molar-refractivity contribution in [3.8, 4) is 5.88 Å². The predicted octanol–water partition coefficient (Wildman–Crippen LogP) is 5.25. The van der Waals surface area contributed by atoms with E-state index in [1.54, 1.807) is 23.5 Å². The van der Waals surface area contributed by atoms with Gasteiger partial charge in [-0.3, -0.25) is 4.79 Å². The monoisotopic (exact) mass is 438 g/mol. The molecule has 0 radical (unpaired) electrons. The molecule has 0 spiro atoms. The molecular formula is C22H34N2O3S2. The maximum atomic E-state index is 13.2. The van der Waals surface area contributed by atoms with E-state index in [0.717, 1.165) is 28.9 Å². The molecule has 3 bridgehead atoms. The van der Waals surface area contributed by atoms with E-state index in [0.29, 0.717) is 41.4 Å². The lowest BCUT2D eigenvalue weighted by atomic mass is 9.79. The van der Waals surface area contributed by atoms with Crippen LogP contribution < -0.4 is 10.1 Å². The SMILES string of the molecule is CSCCCOc1noc(C(=O)NC2C3CC4CCCC2C(C4)C3)c1SC(C)C. The molecule has 1 heterocycles. The molecule has 1 N–H and O–H groups in total. The first kappa shape index (κ1) is 21.4. The largest absolute Gasteiger partial charge is 0.475 e. The van der Waals surface area contributed by atoms with E-state index in [4.69, 9.17) is 9.26 Å². The van der Waals surface area contributed by atoms with Gasteiger partial charge in [-0.05, 0) is 72.9 Å². The molecule has 162 valence electrons. The molecule has 1 amide bonds. The lowest BCUT2D eigenvalue weighted by Gasteiger charge is -2.29. The Labute approximate surface area is 182 Å². The Balaban J connectivity index is 1.47. The minimum Gasteiger partial charge on any atom is -0.475 e. The number of ether oxygens (including phenoxy) is 1. The van der Waals surface area contributed by atoms with Gasteiger partial charge in [-0.1, -0.05) is 26.7 Å². The van der Waals surface area contributed by atoms with Crippen LogP contribution >= 0.6 is 23.5 Å². The molecule has 29 heavy (non-hydrogen) atoms. The molecule has 4 rings (SSSR count). The number of hydrogen-bond donors (Lipinski definition) is 1.